The van der Waals surface area contributed by atoms with E-state index in [2.05, 4.69) is 20.3 Å². The summed E-state index contributed by atoms with van der Waals surface area (Å²) in [6, 6.07) is 5.89. The molecule has 4 heterocycles. The van der Waals surface area contributed by atoms with E-state index in [9.17, 15) is 9.59 Å². The minimum atomic E-state index is -0.326. The van der Waals surface area contributed by atoms with Gasteiger partial charge in [0.05, 0.1) is 13.2 Å². The van der Waals surface area contributed by atoms with Gasteiger partial charge in [0.1, 0.15) is 17.9 Å². The van der Waals surface area contributed by atoms with Gasteiger partial charge < -0.3 is 25.5 Å². The first-order chi connectivity index (χ1) is 16.1. The highest BCUT2D eigenvalue weighted by Crippen LogP contribution is 2.24. The molecule has 0 saturated carbocycles. The maximum absolute atomic E-state index is 12.6. The first kappa shape index (κ1) is 21.2. The number of aromatic amines is 1. The van der Waals surface area contributed by atoms with Gasteiger partial charge in [0.15, 0.2) is 17.2 Å². The summed E-state index contributed by atoms with van der Waals surface area (Å²) in [6.45, 7) is 2.52. The average Bonchev–Trinajstić information content (AvgIpc) is 3.08. The number of nitrogens with zero attached hydrogens (tertiary/aromatic N) is 3. The van der Waals surface area contributed by atoms with E-state index in [1.54, 1.807) is 0 Å². The number of Topliss-reactive ketones (excluding diaryl/α,β-unsaturated/α-hetero) is 1. The molecule has 5 rings (SSSR count). The molecule has 10 nitrogen and oxygen atoms in total. The predicted molar refractivity (Wildman–Crippen MR) is 123 cm³/mol. The molecular formula is C23H26N6O4. The van der Waals surface area contributed by atoms with E-state index in [-0.39, 0.29) is 29.9 Å². The Balaban J connectivity index is 1.44. The molecule has 0 radical (unpaired) electrons. The minimum absolute atomic E-state index is 0.0568. The molecular weight excluding hydrogens is 424 g/mol. The number of imidazole rings is 1. The fourth-order valence-electron chi connectivity index (χ4n) is 4.03. The highest BCUT2D eigenvalue weighted by atomic mass is 16.5. The summed E-state index contributed by atoms with van der Waals surface area (Å²) in [5, 5.41) is 3.18. The summed E-state index contributed by atoms with van der Waals surface area (Å²) in [6.07, 6.45) is 5.89. The number of H-pyrrole nitrogens is 1. The smallest absolute Gasteiger partial charge is 0.328 e. The predicted octanol–water partition coefficient (Wildman–Crippen LogP) is 1.19. The minimum Gasteiger partial charge on any atom is -0.486 e. The molecule has 3 aromatic rings. The summed E-state index contributed by atoms with van der Waals surface area (Å²) in [4.78, 5) is 36.1. The Labute approximate surface area is 189 Å². The van der Waals surface area contributed by atoms with Crippen LogP contribution in [0, 0.1) is 5.92 Å². The highest BCUT2D eigenvalue weighted by Gasteiger charge is 2.21. The molecule has 1 aromatic carbocycles. The number of hydrogen-bond acceptors (Lipinski definition) is 8. The lowest BCUT2D eigenvalue weighted by Crippen LogP contribution is -2.43. The van der Waals surface area contributed by atoms with Gasteiger partial charge in [-0.2, -0.15) is 9.97 Å². The van der Waals surface area contributed by atoms with Gasteiger partial charge in [-0.15, -0.1) is 0 Å². The topological polar surface area (TPSA) is 137 Å². The van der Waals surface area contributed by atoms with E-state index in [1.165, 1.54) is 4.57 Å². The first-order valence-electron chi connectivity index (χ1n) is 11.1. The van der Waals surface area contributed by atoms with Crippen molar-refractivity contribution in [3.05, 3.63) is 52.0 Å². The summed E-state index contributed by atoms with van der Waals surface area (Å²) in [5.74, 6) is 1.36. The van der Waals surface area contributed by atoms with Gasteiger partial charge >= 0.3 is 11.7 Å². The second-order valence-corrected chi connectivity index (χ2v) is 8.42. The molecule has 10 heteroatoms. The fourth-order valence-corrected chi connectivity index (χ4v) is 4.03. The number of anilines is 1. The molecule has 2 aliphatic heterocycles. The van der Waals surface area contributed by atoms with E-state index in [0.29, 0.717) is 55.2 Å². The van der Waals surface area contributed by atoms with Crippen LogP contribution in [0.5, 0.6) is 11.8 Å². The molecule has 4 bridgehead atoms. The third kappa shape index (κ3) is 4.61. The molecule has 172 valence electrons. The van der Waals surface area contributed by atoms with Crippen molar-refractivity contribution in [2.75, 3.05) is 32.0 Å². The Morgan fingerprint density at radius 3 is 2.97 bits per heavy atom. The lowest BCUT2D eigenvalue weighted by molar-refractivity contribution is -0.122. The normalized spacial score (nSPS) is 17.2. The zero-order chi connectivity index (χ0) is 22.8. The number of carbonyl (C=O) groups excluding carboxylic acids is 1. The number of ketones is 1. The van der Waals surface area contributed by atoms with E-state index in [0.717, 1.165) is 24.2 Å². The highest BCUT2D eigenvalue weighted by molar-refractivity contribution is 5.82. The summed E-state index contributed by atoms with van der Waals surface area (Å²) in [5.41, 5.74) is 8.32. The Morgan fingerprint density at radius 2 is 2.15 bits per heavy atom. The Bertz CT molecular complexity index is 1270. The quantitative estimate of drug-likeness (QED) is 0.493. The van der Waals surface area contributed by atoms with E-state index < -0.39 is 0 Å². The van der Waals surface area contributed by atoms with Gasteiger partial charge in [0.2, 0.25) is 0 Å². The number of benzene rings is 1. The molecule has 0 unspecified atom stereocenters. The van der Waals surface area contributed by atoms with Crippen LogP contribution in [-0.4, -0.2) is 51.6 Å². The van der Waals surface area contributed by atoms with Crippen LogP contribution < -0.4 is 26.2 Å². The number of nitrogens with one attached hydrogen (secondary N) is 2. The van der Waals surface area contributed by atoms with Crippen molar-refractivity contribution in [2.45, 2.75) is 25.8 Å². The van der Waals surface area contributed by atoms with Crippen LogP contribution in [-0.2, 0) is 17.8 Å². The molecule has 4 N–H and O–H groups in total. The van der Waals surface area contributed by atoms with Crippen LogP contribution in [0.2, 0.25) is 0 Å². The van der Waals surface area contributed by atoms with Crippen molar-refractivity contribution >= 4 is 22.8 Å². The number of nitrogens with two attached hydrogens (primary N) is 1. The lowest BCUT2D eigenvalue weighted by atomic mass is 9.97. The monoisotopic (exact) mass is 450 g/mol. The standard InChI is InChI=1S/C23H26N6O4/c24-20-19-21-28-22(27-20)32-7-3-1-2-4-16-8-14(12-29(21)23(31)26-19)5-6-18(16)33-13-17(30)9-15-10-25-11-15/h1-2,5-6,8,15,25H,3-4,7,9-13H2,(H,26,31)(H2,24,27,28)/b2-1-. The van der Waals surface area contributed by atoms with Crippen molar-refractivity contribution in [1.29, 1.82) is 0 Å². The first-order valence-corrected chi connectivity index (χ1v) is 11.1. The van der Waals surface area contributed by atoms with Gasteiger partial charge in [0.25, 0.3) is 0 Å². The van der Waals surface area contributed by atoms with Crippen LogP contribution in [0.25, 0.3) is 11.2 Å². The number of nitrogen functional groups attached to an aromatic ring is 1. The van der Waals surface area contributed by atoms with Crippen molar-refractivity contribution in [2.24, 2.45) is 5.92 Å². The largest absolute Gasteiger partial charge is 0.486 e. The lowest BCUT2D eigenvalue weighted by Gasteiger charge is -2.26. The van der Waals surface area contributed by atoms with E-state index >= 15 is 0 Å². The van der Waals surface area contributed by atoms with Crippen LogP contribution in [0.15, 0.2) is 35.1 Å². The summed E-state index contributed by atoms with van der Waals surface area (Å²) in [7, 11) is 0. The summed E-state index contributed by atoms with van der Waals surface area (Å²) >= 11 is 0. The zero-order valence-corrected chi connectivity index (χ0v) is 18.2. The molecule has 0 aliphatic carbocycles. The number of ether oxygens (including phenoxy) is 2. The Morgan fingerprint density at radius 1 is 1.27 bits per heavy atom. The number of allylic oxidation sites excluding steroid dienone is 1. The van der Waals surface area contributed by atoms with E-state index in [1.807, 2.05) is 30.4 Å². The van der Waals surface area contributed by atoms with Crippen molar-refractivity contribution in [1.82, 2.24) is 24.8 Å². The number of rotatable bonds is 5. The molecule has 1 fully saturated rings. The van der Waals surface area contributed by atoms with Gasteiger partial charge in [0, 0.05) is 6.42 Å². The van der Waals surface area contributed by atoms with Gasteiger partial charge in [-0.1, -0.05) is 18.2 Å². The third-order valence-corrected chi connectivity index (χ3v) is 5.89. The van der Waals surface area contributed by atoms with E-state index in [4.69, 9.17) is 15.2 Å². The summed E-state index contributed by atoms with van der Waals surface area (Å²) < 4.78 is 13.0. The van der Waals surface area contributed by atoms with Crippen molar-refractivity contribution in [3.63, 3.8) is 0 Å². The molecule has 2 aromatic heterocycles. The number of fused-ring (bicyclic) bond motifs is 3. The SMILES string of the molecule is Nc1nc2nc3c1[nH]c(=O)n3Cc1ccc(OCC(=O)CC3CNC3)c(c1)C/C=C\CCO2. The van der Waals surface area contributed by atoms with Gasteiger partial charge in [-0.25, -0.2) is 4.79 Å². The number of carbonyl (C=O) groups is 1. The maximum atomic E-state index is 12.6. The van der Waals surface area contributed by atoms with Crippen LogP contribution in [0.4, 0.5) is 5.82 Å². The second kappa shape index (κ2) is 9.07. The number of hydrogen-bond donors (Lipinski definition) is 3. The third-order valence-electron chi connectivity index (χ3n) is 5.89. The van der Waals surface area contributed by atoms with Crippen molar-refractivity contribution in [3.8, 4) is 11.8 Å². The average molecular weight is 450 g/mol. The molecule has 2 aliphatic rings. The molecule has 1 saturated heterocycles. The maximum Gasteiger partial charge on any atom is 0.328 e. The zero-order valence-electron chi connectivity index (χ0n) is 18.2. The molecule has 33 heavy (non-hydrogen) atoms. The van der Waals surface area contributed by atoms with Gasteiger partial charge in [-0.3, -0.25) is 9.36 Å². The van der Waals surface area contributed by atoms with Crippen molar-refractivity contribution < 1.29 is 14.3 Å². The molecule has 0 amide bonds. The van der Waals surface area contributed by atoms with Gasteiger partial charge in [-0.05, 0) is 55.1 Å². The van der Waals surface area contributed by atoms with Crippen LogP contribution >= 0.6 is 0 Å². The van der Waals surface area contributed by atoms with Crippen LogP contribution in [0.3, 0.4) is 0 Å². The molecule has 0 spiro atoms. The molecule has 0 atom stereocenters. The number of aromatic nitrogens is 4. The fraction of sp³-hybridized carbons (Fsp3) is 0.391. The Hall–Kier alpha value is -3.66. The Kier molecular flexibility index (Phi) is 5.82. The van der Waals surface area contributed by atoms with Crippen LogP contribution in [0.1, 0.15) is 24.0 Å². The second-order valence-electron chi connectivity index (χ2n) is 8.42.